The van der Waals surface area contributed by atoms with Crippen LogP contribution in [0.15, 0.2) is 29.4 Å². The number of carbonyl (C=O) groups excluding carboxylic acids is 1. The molecule has 0 amide bonds. The Morgan fingerprint density at radius 3 is 2.50 bits per heavy atom. The van der Waals surface area contributed by atoms with E-state index in [-0.39, 0.29) is 18.3 Å². The molecule has 1 aromatic carbocycles. The second kappa shape index (κ2) is 8.24. The fourth-order valence-corrected chi connectivity index (χ4v) is 1.52. The van der Waals surface area contributed by atoms with Crippen molar-refractivity contribution in [3.8, 4) is 5.75 Å². The van der Waals surface area contributed by atoms with Crippen LogP contribution in [0, 0.1) is 10.7 Å². The van der Waals surface area contributed by atoms with Gasteiger partial charge in [-0.1, -0.05) is 5.18 Å². The number of nitroso groups, excluding NO2 is 1. The van der Waals surface area contributed by atoms with Crippen molar-refractivity contribution >= 4 is 5.97 Å². The molecule has 0 radical (unpaired) electrons. The number of nitrogens with zero attached hydrogens (tertiary/aromatic N) is 1. The third-order valence-electron chi connectivity index (χ3n) is 2.46. The molecule has 6 heteroatoms. The van der Waals surface area contributed by atoms with Crippen LogP contribution in [0.1, 0.15) is 26.7 Å². The topological polar surface area (TPSA) is 65.0 Å². The lowest BCUT2D eigenvalue weighted by atomic mass is 10.2. The van der Waals surface area contributed by atoms with E-state index < -0.39 is 12.0 Å². The Kier molecular flexibility index (Phi) is 6.63. The lowest BCUT2D eigenvalue weighted by Gasteiger charge is -2.12. The quantitative estimate of drug-likeness (QED) is 0.418. The summed E-state index contributed by atoms with van der Waals surface area (Å²) < 4.78 is 22.9. The second-order valence-electron chi connectivity index (χ2n) is 4.55. The van der Waals surface area contributed by atoms with Gasteiger partial charge in [-0.15, -0.1) is 4.91 Å². The lowest BCUT2D eigenvalue weighted by Crippen LogP contribution is -2.24. The van der Waals surface area contributed by atoms with Gasteiger partial charge in [0.25, 0.3) is 0 Å². The van der Waals surface area contributed by atoms with Gasteiger partial charge in [-0.3, -0.25) is 0 Å². The summed E-state index contributed by atoms with van der Waals surface area (Å²) >= 11 is 0. The number of rotatable bonds is 8. The standard InChI is InChI=1S/C14H18FNO4/c1-10(2)20-14(17)13(16-18)4-3-9-19-12-7-5-11(15)6-8-12/h5-8,10,13H,3-4,9H2,1-2H3. The van der Waals surface area contributed by atoms with E-state index in [2.05, 4.69) is 5.18 Å². The smallest absolute Gasteiger partial charge is 0.334 e. The number of hydrogen-bond acceptors (Lipinski definition) is 5. The van der Waals surface area contributed by atoms with Crippen LogP contribution in [0.3, 0.4) is 0 Å². The van der Waals surface area contributed by atoms with Crippen molar-refractivity contribution < 1.29 is 18.7 Å². The minimum absolute atomic E-state index is 0.260. The molecule has 5 nitrogen and oxygen atoms in total. The van der Waals surface area contributed by atoms with E-state index >= 15 is 0 Å². The zero-order valence-corrected chi connectivity index (χ0v) is 11.5. The van der Waals surface area contributed by atoms with Gasteiger partial charge in [0, 0.05) is 0 Å². The van der Waals surface area contributed by atoms with Crippen LogP contribution >= 0.6 is 0 Å². The third-order valence-corrected chi connectivity index (χ3v) is 2.46. The summed E-state index contributed by atoms with van der Waals surface area (Å²) in [5, 5.41) is 2.77. The Hall–Kier alpha value is -1.98. The van der Waals surface area contributed by atoms with E-state index in [0.717, 1.165) is 0 Å². The highest BCUT2D eigenvalue weighted by atomic mass is 19.1. The molecule has 0 fully saturated rings. The maximum atomic E-state index is 12.7. The number of hydrogen-bond donors (Lipinski definition) is 0. The average molecular weight is 283 g/mol. The molecular weight excluding hydrogens is 265 g/mol. The average Bonchev–Trinajstić information content (AvgIpc) is 2.40. The second-order valence-corrected chi connectivity index (χ2v) is 4.55. The zero-order chi connectivity index (χ0) is 15.0. The van der Waals surface area contributed by atoms with Gasteiger partial charge in [0.2, 0.25) is 0 Å². The van der Waals surface area contributed by atoms with Crippen LogP contribution in [0.2, 0.25) is 0 Å². The molecular formula is C14H18FNO4. The van der Waals surface area contributed by atoms with E-state index in [1.54, 1.807) is 13.8 Å². The Morgan fingerprint density at radius 2 is 1.95 bits per heavy atom. The Labute approximate surface area is 117 Å². The highest BCUT2D eigenvalue weighted by Gasteiger charge is 2.21. The van der Waals surface area contributed by atoms with Gasteiger partial charge in [0.1, 0.15) is 11.6 Å². The highest BCUT2D eigenvalue weighted by Crippen LogP contribution is 2.12. The van der Waals surface area contributed by atoms with Gasteiger partial charge in [-0.2, -0.15) is 0 Å². The van der Waals surface area contributed by atoms with Gasteiger partial charge >= 0.3 is 5.97 Å². The normalized spacial score (nSPS) is 12.0. The number of halogens is 1. The predicted octanol–water partition coefficient (Wildman–Crippen LogP) is 3.07. The van der Waals surface area contributed by atoms with Crippen LogP contribution in [-0.2, 0) is 9.53 Å². The summed E-state index contributed by atoms with van der Waals surface area (Å²) in [6.07, 6.45) is 0.458. The fraction of sp³-hybridized carbons (Fsp3) is 0.500. The first-order valence-electron chi connectivity index (χ1n) is 6.44. The molecule has 1 aromatic rings. The maximum Gasteiger partial charge on any atom is 0.334 e. The van der Waals surface area contributed by atoms with Crippen LogP contribution in [0.5, 0.6) is 5.75 Å². The Morgan fingerprint density at radius 1 is 1.30 bits per heavy atom. The fourth-order valence-electron chi connectivity index (χ4n) is 1.52. The molecule has 1 atom stereocenters. The van der Waals surface area contributed by atoms with Crippen molar-refractivity contribution in [2.45, 2.75) is 38.8 Å². The summed E-state index contributed by atoms with van der Waals surface area (Å²) in [5.41, 5.74) is 0. The number of esters is 1. The van der Waals surface area contributed by atoms with Gasteiger partial charge < -0.3 is 9.47 Å². The van der Waals surface area contributed by atoms with Gasteiger partial charge in [-0.25, -0.2) is 9.18 Å². The van der Waals surface area contributed by atoms with E-state index in [9.17, 15) is 14.1 Å². The molecule has 110 valence electrons. The van der Waals surface area contributed by atoms with Crippen molar-refractivity contribution in [1.82, 2.24) is 0 Å². The van der Waals surface area contributed by atoms with Crippen LogP contribution in [0.4, 0.5) is 4.39 Å². The van der Waals surface area contributed by atoms with E-state index in [1.807, 2.05) is 0 Å². The maximum absolute atomic E-state index is 12.7. The first-order chi connectivity index (χ1) is 9.52. The highest BCUT2D eigenvalue weighted by molar-refractivity contribution is 5.76. The molecule has 0 bridgehead atoms. The zero-order valence-electron chi connectivity index (χ0n) is 11.5. The molecule has 0 saturated heterocycles. The Balaban J connectivity index is 2.29. The van der Waals surface area contributed by atoms with Crippen molar-refractivity contribution in [3.63, 3.8) is 0 Å². The molecule has 1 unspecified atom stereocenters. The van der Waals surface area contributed by atoms with E-state index in [1.165, 1.54) is 24.3 Å². The monoisotopic (exact) mass is 283 g/mol. The van der Waals surface area contributed by atoms with Gasteiger partial charge in [0.05, 0.1) is 12.7 Å². The summed E-state index contributed by atoms with van der Waals surface area (Å²) in [4.78, 5) is 22.1. The van der Waals surface area contributed by atoms with Crippen molar-refractivity contribution in [2.24, 2.45) is 5.18 Å². The molecule has 0 aliphatic rings. The summed E-state index contributed by atoms with van der Waals surface area (Å²) in [5.74, 6) is -0.414. The van der Waals surface area contributed by atoms with E-state index in [4.69, 9.17) is 9.47 Å². The van der Waals surface area contributed by atoms with Crippen LogP contribution in [-0.4, -0.2) is 24.7 Å². The molecule has 0 aliphatic heterocycles. The van der Waals surface area contributed by atoms with E-state index in [0.29, 0.717) is 18.8 Å². The van der Waals surface area contributed by atoms with Crippen LogP contribution in [0.25, 0.3) is 0 Å². The van der Waals surface area contributed by atoms with Gasteiger partial charge in [0.15, 0.2) is 6.04 Å². The largest absolute Gasteiger partial charge is 0.494 e. The molecule has 0 aromatic heterocycles. The SMILES string of the molecule is CC(C)OC(=O)C(CCCOc1ccc(F)cc1)N=O. The summed E-state index contributed by atoms with van der Waals surface area (Å²) in [6.45, 7) is 3.72. The van der Waals surface area contributed by atoms with Crippen molar-refractivity contribution in [1.29, 1.82) is 0 Å². The number of benzene rings is 1. The molecule has 0 spiro atoms. The lowest BCUT2D eigenvalue weighted by molar-refractivity contribution is -0.149. The number of ether oxygens (including phenoxy) is 2. The third kappa shape index (κ3) is 5.77. The predicted molar refractivity (Wildman–Crippen MR) is 71.9 cm³/mol. The van der Waals surface area contributed by atoms with Crippen molar-refractivity contribution in [3.05, 3.63) is 35.0 Å². The summed E-state index contributed by atoms with van der Waals surface area (Å²) in [6, 6.07) is 4.61. The summed E-state index contributed by atoms with van der Waals surface area (Å²) in [7, 11) is 0. The van der Waals surface area contributed by atoms with Crippen LogP contribution < -0.4 is 4.74 Å². The molecule has 0 heterocycles. The molecule has 1 rings (SSSR count). The molecule has 0 aliphatic carbocycles. The molecule has 20 heavy (non-hydrogen) atoms. The first kappa shape index (κ1) is 16.1. The van der Waals surface area contributed by atoms with Gasteiger partial charge in [-0.05, 0) is 51.0 Å². The minimum atomic E-state index is -1.01. The molecule has 0 N–H and O–H groups in total. The minimum Gasteiger partial charge on any atom is -0.494 e. The van der Waals surface area contributed by atoms with Crippen molar-refractivity contribution in [2.75, 3.05) is 6.61 Å². The number of carbonyl (C=O) groups is 1. The Bertz CT molecular complexity index is 433. The molecule has 0 saturated carbocycles. The first-order valence-corrected chi connectivity index (χ1v) is 6.44.